The fraction of sp³-hybridized carbons (Fsp3) is 0.800. The smallest absolute Gasteiger partial charge is 0.324 e. The van der Waals surface area contributed by atoms with Gasteiger partial charge in [0, 0.05) is 0 Å². The molecule has 4 heteroatoms. The van der Waals surface area contributed by atoms with E-state index >= 15 is 0 Å². The first-order valence-corrected chi connectivity index (χ1v) is 3.08. The summed E-state index contributed by atoms with van der Waals surface area (Å²) < 4.78 is 0. The van der Waals surface area contributed by atoms with Gasteiger partial charge in [0.2, 0.25) is 0 Å². The number of hydrogen-bond donors (Lipinski definition) is 2. The number of alkyl halides is 1. The molecule has 0 heterocycles. The van der Waals surface area contributed by atoms with E-state index in [0.717, 1.165) is 0 Å². The number of aliphatic hydroxyl groups is 1. The van der Waals surface area contributed by atoms with Crippen molar-refractivity contribution in [3.63, 3.8) is 0 Å². The molecule has 54 valence electrons. The molecule has 0 amide bonds. The van der Waals surface area contributed by atoms with Gasteiger partial charge in [-0.3, -0.25) is 4.79 Å². The summed E-state index contributed by atoms with van der Waals surface area (Å²) in [5.41, 5.74) is 0. The van der Waals surface area contributed by atoms with Crippen molar-refractivity contribution in [1.82, 2.24) is 0 Å². The Kier molecular flexibility index (Phi) is 3.58. The van der Waals surface area contributed by atoms with Gasteiger partial charge in [-0.2, -0.15) is 0 Å². The van der Waals surface area contributed by atoms with E-state index in [0.29, 0.717) is 6.42 Å². The minimum atomic E-state index is -1.17. The maximum atomic E-state index is 10.0. The van der Waals surface area contributed by atoms with E-state index in [9.17, 15) is 4.79 Å². The van der Waals surface area contributed by atoms with Crippen molar-refractivity contribution in [2.45, 2.75) is 24.8 Å². The second-order valence-corrected chi connectivity index (χ2v) is 2.19. The number of halogens is 1. The number of carbonyl (C=O) groups is 1. The quantitative estimate of drug-likeness (QED) is 0.578. The summed E-state index contributed by atoms with van der Waals surface area (Å²) in [5.74, 6) is -1.17. The van der Waals surface area contributed by atoms with Gasteiger partial charge in [-0.1, -0.05) is 6.92 Å². The Bertz CT molecular complexity index is 104. The Morgan fingerprint density at radius 2 is 2.22 bits per heavy atom. The molecule has 0 saturated carbocycles. The molecule has 3 nitrogen and oxygen atoms in total. The van der Waals surface area contributed by atoms with Crippen LogP contribution in [0.25, 0.3) is 0 Å². The average molecular weight is 153 g/mol. The zero-order chi connectivity index (χ0) is 7.44. The molecule has 0 aromatic heterocycles. The normalized spacial score (nSPS) is 16.8. The monoisotopic (exact) mass is 152 g/mol. The van der Waals surface area contributed by atoms with Gasteiger partial charge in [0.1, 0.15) is 0 Å². The molecule has 0 fully saturated rings. The zero-order valence-electron chi connectivity index (χ0n) is 5.04. The molecule has 0 radical (unpaired) electrons. The van der Waals surface area contributed by atoms with Crippen molar-refractivity contribution in [2.24, 2.45) is 0 Å². The van der Waals surface area contributed by atoms with E-state index in [2.05, 4.69) is 0 Å². The van der Waals surface area contributed by atoms with Crippen molar-refractivity contribution in [2.75, 3.05) is 0 Å². The summed E-state index contributed by atoms with van der Waals surface area (Å²) in [5, 5.41) is 15.8. The van der Waals surface area contributed by atoms with E-state index in [1.165, 1.54) is 0 Å². The molecular formula is C5H9ClO3. The SMILES string of the molecule is CC[C@H](O)[C@H](Cl)C(=O)O. The topological polar surface area (TPSA) is 57.5 Å². The molecule has 0 aliphatic heterocycles. The molecule has 0 bridgehead atoms. The van der Waals surface area contributed by atoms with E-state index in [1.54, 1.807) is 6.92 Å². The molecule has 0 saturated heterocycles. The molecule has 2 atom stereocenters. The highest BCUT2D eigenvalue weighted by Gasteiger charge is 2.21. The lowest BCUT2D eigenvalue weighted by atomic mass is 10.2. The molecule has 0 aromatic carbocycles. The average Bonchev–Trinajstić information content (AvgIpc) is 1.84. The number of aliphatic carboxylic acids is 1. The molecule has 0 spiro atoms. The number of carboxylic acids is 1. The lowest BCUT2D eigenvalue weighted by Gasteiger charge is -2.08. The fourth-order valence-corrected chi connectivity index (χ4v) is 0.550. The van der Waals surface area contributed by atoms with Gasteiger partial charge in [-0.05, 0) is 6.42 Å². The zero-order valence-corrected chi connectivity index (χ0v) is 5.80. The van der Waals surface area contributed by atoms with Crippen molar-refractivity contribution in [3.05, 3.63) is 0 Å². The molecule has 0 aliphatic rings. The third kappa shape index (κ3) is 2.67. The van der Waals surface area contributed by atoms with Crippen LogP contribution in [0.1, 0.15) is 13.3 Å². The molecular weight excluding hydrogens is 144 g/mol. The molecule has 0 rings (SSSR count). The van der Waals surface area contributed by atoms with Crippen LogP contribution in [-0.4, -0.2) is 27.7 Å². The molecule has 9 heavy (non-hydrogen) atoms. The van der Waals surface area contributed by atoms with Gasteiger partial charge < -0.3 is 10.2 Å². The highest BCUT2D eigenvalue weighted by Crippen LogP contribution is 2.05. The first-order valence-electron chi connectivity index (χ1n) is 2.64. The van der Waals surface area contributed by atoms with Crippen molar-refractivity contribution in [1.29, 1.82) is 0 Å². The van der Waals surface area contributed by atoms with Gasteiger partial charge in [0.25, 0.3) is 0 Å². The molecule has 2 N–H and O–H groups in total. The van der Waals surface area contributed by atoms with Crippen LogP contribution in [0.4, 0.5) is 0 Å². The lowest BCUT2D eigenvalue weighted by Crippen LogP contribution is -2.27. The van der Waals surface area contributed by atoms with Crippen LogP contribution in [0.15, 0.2) is 0 Å². The van der Waals surface area contributed by atoms with Crippen molar-refractivity contribution >= 4 is 17.6 Å². The van der Waals surface area contributed by atoms with Crippen LogP contribution in [0, 0.1) is 0 Å². The first-order chi connectivity index (χ1) is 4.09. The molecule has 0 aromatic rings. The highest BCUT2D eigenvalue weighted by molar-refractivity contribution is 6.30. The summed E-state index contributed by atoms with van der Waals surface area (Å²) in [6.45, 7) is 1.67. The van der Waals surface area contributed by atoms with Crippen LogP contribution in [0.5, 0.6) is 0 Å². The summed E-state index contributed by atoms with van der Waals surface area (Å²) >= 11 is 5.22. The largest absolute Gasteiger partial charge is 0.480 e. The lowest BCUT2D eigenvalue weighted by molar-refractivity contribution is -0.138. The van der Waals surface area contributed by atoms with E-state index in [1.807, 2.05) is 0 Å². The summed E-state index contributed by atoms with van der Waals surface area (Å²) in [4.78, 5) is 10.0. The molecule has 0 aliphatic carbocycles. The fourth-order valence-electron chi connectivity index (χ4n) is 0.372. The molecule has 0 unspecified atom stereocenters. The Hall–Kier alpha value is -0.280. The van der Waals surface area contributed by atoms with E-state index in [4.69, 9.17) is 21.8 Å². The maximum absolute atomic E-state index is 10.0. The van der Waals surface area contributed by atoms with Crippen LogP contribution in [0.2, 0.25) is 0 Å². The predicted molar refractivity (Wildman–Crippen MR) is 33.6 cm³/mol. The van der Waals surface area contributed by atoms with E-state index in [-0.39, 0.29) is 0 Å². The summed E-state index contributed by atoms with van der Waals surface area (Å²) in [6, 6.07) is 0. The minimum Gasteiger partial charge on any atom is -0.480 e. The Morgan fingerprint density at radius 3 is 2.33 bits per heavy atom. The standard InChI is InChI=1S/C5H9ClO3/c1-2-3(7)4(6)5(8)9/h3-4,7H,2H2,1H3,(H,8,9)/t3-,4-/m0/s1. The number of aliphatic hydroxyl groups excluding tert-OH is 1. The number of rotatable bonds is 3. The van der Waals surface area contributed by atoms with Crippen LogP contribution < -0.4 is 0 Å². The van der Waals surface area contributed by atoms with Crippen molar-refractivity contribution < 1.29 is 15.0 Å². The predicted octanol–water partition coefficient (Wildman–Crippen LogP) is 0.449. The van der Waals surface area contributed by atoms with E-state index < -0.39 is 17.5 Å². The number of hydrogen-bond acceptors (Lipinski definition) is 2. The Labute approximate surface area is 58.3 Å². The summed E-state index contributed by atoms with van der Waals surface area (Å²) in [6.07, 6.45) is -0.579. The third-order valence-electron chi connectivity index (χ3n) is 0.992. The number of carboxylic acid groups (broad SMARTS) is 1. The second-order valence-electron chi connectivity index (χ2n) is 1.72. The minimum absolute atomic E-state index is 0.362. The maximum Gasteiger partial charge on any atom is 0.324 e. The van der Waals surface area contributed by atoms with Gasteiger partial charge in [-0.25, -0.2) is 0 Å². The Balaban J connectivity index is 3.72. The highest BCUT2D eigenvalue weighted by atomic mass is 35.5. The van der Waals surface area contributed by atoms with Gasteiger partial charge in [0.05, 0.1) is 6.10 Å². The third-order valence-corrected chi connectivity index (χ3v) is 1.47. The van der Waals surface area contributed by atoms with Gasteiger partial charge in [-0.15, -0.1) is 11.6 Å². The van der Waals surface area contributed by atoms with Crippen LogP contribution >= 0.6 is 11.6 Å². The Morgan fingerprint density at radius 1 is 1.78 bits per heavy atom. The first kappa shape index (κ1) is 8.72. The van der Waals surface area contributed by atoms with Crippen molar-refractivity contribution in [3.8, 4) is 0 Å². The second kappa shape index (κ2) is 3.69. The van der Waals surface area contributed by atoms with Gasteiger partial charge >= 0.3 is 5.97 Å². The summed E-state index contributed by atoms with van der Waals surface area (Å²) in [7, 11) is 0. The van der Waals surface area contributed by atoms with Crippen LogP contribution in [-0.2, 0) is 4.79 Å². The van der Waals surface area contributed by atoms with Crippen LogP contribution in [0.3, 0.4) is 0 Å². The van der Waals surface area contributed by atoms with Gasteiger partial charge in [0.15, 0.2) is 5.38 Å².